The summed E-state index contributed by atoms with van der Waals surface area (Å²) in [6, 6.07) is 4.97. The van der Waals surface area contributed by atoms with Gasteiger partial charge in [0.25, 0.3) is 0 Å². The summed E-state index contributed by atoms with van der Waals surface area (Å²) in [5.74, 6) is -0.401. The minimum atomic E-state index is -0.401. The van der Waals surface area contributed by atoms with Gasteiger partial charge in [0.05, 0.1) is 4.70 Å². The largest absolute Gasteiger partial charge is 0.223 e. The van der Waals surface area contributed by atoms with Gasteiger partial charge in [-0.05, 0) is 12.1 Å². The monoisotopic (exact) mass is 256 g/mol. The third kappa shape index (κ3) is 1.43. The van der Waals surface area contributed by atoms with Crippen LogP contribution in [0.5, 0.6) is 0 Å². The third-order valence-corrected chi connectivity index (χ3v) is 2.87. The van der Waals surface area contributed by atoms with E-state index in [4.69, 9.17) is 5.26 Å². The van der Waals surface area contributed by atoms with Crippen LogP contribution in [0.1, 0.15) is 5.01 Å². The van der Waals surface area contributed by atoms with Gasteiger partial charge in [0.15, 0.2) is 10.8 Å². The van der Waals surface area contributed by atoms with Crippen molar-refractivity contribution in [3.05, 3.63) is 27.4 Å². The maximum Gasteiger partial charge on any atom is 0.195 e. The first-order valence-electron chi connectivity index (χ1n) is 3.36. The van der Waals surface area contributed by atoms with E-state index in [1.54, 1.807) is 6.07 Å². The first-order chi connectivity index (χ1) is 6.20. The molecule has 0 saturated carbocycles. The van der Waals surface area contributed by atoms with Crippen molar-refractivity contribution in [2.75, 3.05) is 0 Å². The van der Waals surface area contributed by atoms with Crippen molar-refractivity contribution in [3.8, 4) is 6.07 Å². The molecule has 0 amide bonds. The van der Waals surface area contributed by atoms with E-state index in [0.29, 0.717) is 9.17 Å². The van der Waals surface area contributed by atoms with Crippen LogP contribution in [0.4, 0.5) is 4.39 Å². The lowest BCUT2D eigenvalue weighted by Crippen LogP contribution is -1.77. The normalized spacial score (nSPS) is 10.2. The van der Waals surface area contributed by atoms with Crippen LogP contribution in [0.15, 0.2) is 16.6 Å². The molecule has 0 unspecified atom stereocenters. The van der Waals surface area contributed by atoms with Crippen LogP contribution >= 0.6 is 27.3 Å². The maximum atomic E-state index is 13.2. The van der Waals surface area contributed by atoms with Gasteiger partial charge in [-0.1, -0.05) is 15.9 Å². The van der Waals surface area contributed by atoms with Crippen LogP contribution in [-0.4, -0.2) is 4.98 Å². The van der Waals surface area contributed by atoms with Crippen molar-refractivity contribution in [1.82, 2.24) is 4.98 Å². The number of thiazole rings is 1. The first-order valence-corrected chi connectivity index (χ1v) is 4.97. The Morgan fingerprint density at radius 2 is 2.31 bits per heavy atom. The molecule has 1 heterocycles. The van der Waals surface area contributed by atoms with E-state index >= 15 is 0 Å². The molecule has 0 radical (unpaired) electrons. The van der Waals surface area contributed by atoms with Crippen molar-refractivity contribution in [3.63, 3.8) is 0 Å². The predicted molar refractivity (Wildman–Crippen MR) is 52.0 cm³/mol. The Balaban J connectivity index is 2.84. The molecule has 0 spiro atoms. The second kappa shape index (κ2) is 3.05. The Bertz CT molecular complexity index is 515. The number of aromatic nitrogens is 1. The second-order valence-corrected chi connectivity index (χ2v) is 4.31. The zero-order valence-corrected chi connectivity index (χ0v) is 8.62. The minimum absolute atomic E-state index is 0.268. The van der Waals surface area contributed by atoms with Gasteiger partial charge in [0.2, 0.25) is 0 Å². The van der Waals surface area contributed by atoms with Crippen molar-refractivity contribution >= 4 is 37.5 Å². The van der Waals surface area contributed by atoms with E-state index in [1.165, 1.54) is 17.4 Å². The maximum absolute atomic E-state index is 13.2. The fraction of sp³-hybridized carbons (Fsp3) is 0. The molecule has 0 atom stereocenters. The van der Waals surface area contributed by atoms with Crippen molar-refractivity contribution < 1.29 is 4.39 Å². The molecule has 13 heavy (non-hydrogen) atoms. The molecule has 0 aliphatic heterocycles. The number of halogens is 2. The van der Waals surface area contributed by atoms with Crippen LogP contribution in [0.2, 0.25) is 0 Å². The fourth-order valence-corrected chi connectivity index (χ4v) is 2.40. The number of hydrogen-bond donors (Lipinski definition) is 0. The third-order valence-electron chi connectivity index (χ3n) is 1.51. The first kappa shape index (κ1) is 8.60. The molecule has 0 aliphatic rings. The van der Waals surface area contributed by atoms with Gasteiger partial charge in [-0.3, -0.25) is 0 Å². The van der Waals surface area contributed by atoms with Crippen LogP contribution in [0.3, 0.4) is 0 Å². The molecule has 2 aromatic rings. The van der Waals surface area contributed by atoms with Crippen molar-refractivity contribution in [1.29, 1.82) is 5.26 Å². The molecule has 0 N–H and O–H groups in total. The molecule has 1 aromatic heterocycles. The van der Waals surface area contributed by atoms with Gasteiger partial charge in [-0.15, -0.1) is 11.3 Å². The van der Waals surface area contributed by atoms with Gasteiger partial charge in [0.1, 0.15) is 11.6 Å². The van der Waals surface area contributed by atoms with E-state index in [2.05, 4.69) is 20.9 Å². The molecular formula is C8H2BrFN2S. The lowest BCUT2D eigenvalue weighted by Gasteiger charge is -1.91. The van der Waals surface area contributed by atoms with Gasteiger partial charge in [0, 0.05) is 4.47 Å². The van der Waals surface area contributed by atoms with Crippen molar-refractivity contribution in [2.45, 2.75) is 0 Å². The summed E-state index contributed by atoms with van der Waals surface area (Å²) in [5, 5.41) is 8.85. The molecule has 0 saturated heterocycles. The highest BCUT2D eigenvalue weighted by Gasteiger charge is 2.08. The molecule has 0 bridgehead atoms. The van der Waals surface area contributed by atoms with E-state index in [1.807, 2.05) is 6.07 Å². The average Bonchev–Trinajstić information content (AvgIpc) is 2.47. The van der Waals surface area contributed by atoms with Crippen LogP contribution in [-0.2, 0) is 0 Å². The number of fused-ring (bicyclic) bond motifs is 1. The summed E-state index contributed by atoms with van der Waals surface area (Å²) in [6.07, 6.45) is 0. The van der Waals surface area contributed by atoms with Gasteiger partial charge >= 0.3 is 0 Å². The SMILES string of the molecule is N#Cc1nc2c(F)cc(Br)cc2s1. The summed E-state index contributed by atoms with van der Waals surface area (Å²) >= 11 is 4.35. The zero-order chi connectivity index (χ0) is 9.42. The highest BCUT2D eigenvalue weighted by molar-refractivity contribution is 9.10. The van der Waals surface area contributed by atoms with E-state index in [-0.39, 0.29) is 10.5 Å². The molecule has 0 aliphatic carbocycles. The molecular weight excluding hydrogens is 255 g/mol. The summed E-state index contributed by atoms with van der Waals surface area (Å²) in [6.45, 7) is 0. The molecule has 2 nitrogen and oxygen atoms in total. The van der Waals surface area contributed by atoms with Gasteiger partial charge < -0.3 is 0 Å². The van der Waals surface area contributed by atoms with Gasteiger partial charge in [-0.2, -0.15) is 5.26 Å². The number of rotatable bonds is 0. The quantitative estimate of drug-likeness (QED) is 0.727. The van der Waals surface area contributed by atoms with Crippen LogP contribution in [0.25, 0.3) is 10.2 Å². The molecule has 64 valence electrons. The fourth-order valence-electron chi connectivity index (χ4n) is 1.01. The standard InChI is InChI=1S/C8H2BrFN2S/c9-4-1-5(10)8-6(2-4)13-7(3-11)12-8/h1-2H. The molecule has 1 aromatic carbocycles. The summed E-state index contributed by atoms with van der Waals surface area (Å²) in [4.78, 5) is 3.83. The Morgan fingerprint density at radius 3 is 3.00 bits per heavy atom. The van der Waals surface area contributed by atoms with Crippen LogP contribution in [0, 0.1) is 17.1 Å². The molecule has 5 heteroatoms. The minimum Gasteiger partial charge on any atom is -0.223 e. The number of hydrogen-bond acceptors (Lipinski definition) is 3. The zero-order valence-electron chi connectivity index (χ0n) is 6.21. The van der Waals surface area contributed by atoms with E-state index in [9.17, 15) is 4.39 Å². The Morgan fingerprint density at radius 1 is 1.54 bits per heavy atom. The molecule has 2 rings (SSSR count). The lowest BCUT2D eigenvalue weighted by atomic mass is 10.3. The smallest absolute Gasteiger partial charge is 0.195 e. The number of nitrogens with zero attached hydrogens (tertiary/aromatic N) is 2. The van der Waals surface area contributed by atoms with E-state index < -0.39 is 5.82 Å². The Labute approximate surface area is 85.8 Å². The van der Waals surface area contributed by atoms with Crippen molar-refractivity contribution in [2.24, 2.45) is 0 Å². The number of benzene rings is 1. The summed E-state index contributed by atoms with van der Waals surface area (Å²) in [7, 11) is 0. The predicted octanol–water partition coefficient (Wildman–Crippen LogP) is 3.07. The highest BCUT2D eigenvalue weighted by atomic mass is 79.9. The Kier molecular flexibility index (Phi) is 2.02. The highest BCUT2D eigenvalue weighted by Crippen LogP contribution is 2.27. The van der Waals surface area contributed by atoms with Gasteiger partial charge in [-0.25, -0.2) is 9.37 Å². The second-order valence-electron chi connectivity index (χ2n) is 2.37. The molecule has 0 fully saturated rings. The van der Waals surface area contributed by atoms with E-state index in [0.717, 1.165) is 0 Å². The topological polar surface area (TPSA) is 36.7 Å². The Hall–Kier alpha value is -0.990. The summed E-state index contributed by atoms with van der Waals surface area (Å²) < 4.78 is 14.5. The average molecular weight is 257 g/mol. The number of nitriles is 1. The lowest BCUT2D eigenvalue weighted by molar-refractivity contribution is 0.636. The summed E-state index contributed by atoms with van der Waals surface area (Å²) in [5.41, 5.74) is 0.268. The van der Waals surface area contributed by atoms with Crippen LogP contribution < -0.4 is 0 Å².